The number of aliphatic hydroxyl groups excluding tert-OH is 2. The average molecular weight is 674 g/mol. The number of carboxylic acids is 1. The molecule has 132 valence electrons. The molecule has 11 heteroatoms. The number of hydrogen-bond acceptors (Lipinski definition) is 5. The normalized spacial score (nSPS) is 10.6. The Morgan fingerprint density at radius 1 is 1.00 bits per heavy atom. The van der Waals surface area contributed by atoms with Crippen molar-refractivity contribution in [2.24, 2.45) is 0 Å². The van der Waals surface area contributed by atoms with E-state index in [4.69, 9.17) is 10.2 Å². The number of benzene rings is 1. The molecule has 0 saturated carbocycles. The lowest BCUT2D eigenvalue weighted by molar-refractivity contribution is -0.114. The molecule has 0 aromatic heterocycles. The quantitative estimate of drug-likeness (QED) is 0.289. The van der Waals surface area contributed by atoms with Gasteiger partial charge in [-0.2, -0.15) is 0 Å². The van der Waals surface area contributed by atoms with E-state index in [0.717, 1.165) is 0 Å². The Kier molecular flexibility index (Phi) is 8.57. The van der Waals surface area contributed by atoms with Crippen molar-refractivity contribution in [1.29, 1.82) is 0 Å². The molecule has 24 heavy (non-hydrogen) atoms. The molecule has 2 amide bonds. The summed E-state index contributed by atoms with van der Waals surface area (Å²) < 4.78 is 0.880. The smallest absolute Gasteiger partial charge is 0.337 e. The molecule has 0 atom stereocenters. The molecule has 1 aromatic rings. The summed E-state index contributed by atoms with van der Waals surface area (Å²) in [7, 11) is 0. The SMILES string of the molecule is CC(=O)Nc1c(I)c(C(=O)O)c(I)c(C(=O)NC(CO)CO)c1I. The number of carboxylic acid groups (broad SMARTS) is 1. The van der Waals surface area contributed by atoms with Crippen molar-refractivity contribution in [3.8, 4) is 0 Å². The van der Waals surface area contributed by atoms with Gasteiger partial charge in [-0.1, -0.05) is 0 Å². The van der Waals surface area contributed by atoms with Gasteiger partial charge in [-0.25, -0.2) is 4.79 Å². The lowest BCUT2D eigenvalue weighted by atomic mass is 10.1. The number of anilines is 1. The predicted molar refractivity (Wildman–Crippen MR) is 111 cm³/mol. The van der Waals surface area contributed by atoms with Crippen LogP contribution in [0.2, 0.25) is 0 Å². The van der Waals surface area contributed by atoms with Crippen LogP contribution >= 0.6 is 67.8 Å². The van der Waals surface area contributed by atoms with Crippen molar-refractivity contribution in [3.63, 3.8) is 0 Å². The molecule has 0 aliphatic carbocycles. The summed E-state index contributed by atoms with van der Waals surface area (Å²) in [4.78, 5) is 35.5. The average Bonchev–Trinajstić information content (AvgIpc) is 2.48. The zero-order valence-electron chi connectivity index (χ0n) is 12.2. The maximum atomic E-state index is 12.5. The largest absolute Gasteiger partial charge is 0.478 e. The lowest BCUT2D eigenvalue weighted by Gasteiger charge is -2.19. The van der Waals surface area contributed by atoms with E-state index in [9.17, 15) is 19.5 Å². The first-order valence-electron chi connectivity index (χ1n) is 6.39. The maximum Gasteiger partial charge on any atom is 0.337 e. The summed E-state index contributed by atoms with van der Waals surface area (Å²) in [5, 5.41) is 32.6. The summed E-state index contributed by atoms with van der Waals surface area (Å²) >= 11 is 5.41. The van der Waals surface area contributed by atoms with Crippen LogP contribution in [-0.4, -0.2) is 52.4 Å². The zero-order chi connectivity index (χ0) is 18.6. The Morgan fingerprint density at radius 3 is 1.92 bits per heavy atom. The fraction of sp³-hybridized carbons (Fsp3) is 0.308. The van der Waals surface area contributed by atoms with Crippen molar-refractivity contribution < 1.29 is 29.7 Å². The minimum Gasteiger partial charge on any atom is -0.478 e. The van der Waals surface area contributed by atoms with Crippen molar-refractivity contribution in [3.05, 3.63) is 21.8 Å². The molecule has 0 spiro atoms. The van der Waals surface area contributed by atoms with Gasteiger partial charge in [-0.3, -0.25) is 9.59 Å². The minimum absolute atomic E-state index is 0.0599. The highest BCUT2D eigenvalue weighted by Gasteiger charge is 2.28. The second kappa shape index (κ2) is 9.44. The van der Waals surface area contributed by atoms with E-state index in [1.807, 2.05) is 22.6 Å². The van der Waals surface area contributed by atoms with Crippen LogP contribution in [0.15, 0.2) is 0 Å². The third kappa shape index (κ3) is 4.89. The molecule has 0 aliphatic rings. The fourth-order valence-corrected chi connectivity index (χ4v) is 6.13. The van der Waals surface area contributed by atoms with Crippen molar-refractivity contribution in [2.45, 2.75) is 13.0 Å². The van der Waals surface area contributed by atoms with Gasteiger partial charge in [-0.05, 0) is 67.8 Å². The van der Waals surface area contributed by atoms with E-state index < -0.39 is 37.0 Å². The summed E-state index contributed by atoms with van der Waals surface area (Å²) in [5.74, 6) is -2.29. The van der Waals surface area contributed by atoms with Crippen LogP contribution in [0.4, 0.5) is 5.69 Å². The predicted octanol–water partition coefficient (Wildman–Crippen LogP) is 1.24. The highest BCUT2D eigenvalue weighted by atomic mass is 127. The number of amides is 2. The topological polar surface area (TPSA) is 136 Å². The second-order valence-corrected chi connectivity index (χ2v) is 7.83. The molecule has 0 aliphatic heterocycles. The van der Waals surface area contributed by atoms with Gasteiger partial charge in [0, 0.05) is 10.5 Å². The van der Waals surface area contributed by atoms with Gasteiger partial charge in [0.05, 0.1) is 43.2 Å². The van der Waals surface area contributed by atoms with E-state index in [0.29, 0.717) is 7.14 Å². The number of aromatic carboxylic acids is 1. The van der Waals surface area contributed by atoms with Gasteiger partial charge < -0.3 is 26.0 Å². The summed E-state index contributed by atoms with van der Waals surface area (Å²) in [5.41, 5.74) is 0.191. The Bertz CT molecular complexity index is 691. The first kappa shape index (κ1) is 21.8. The van der Waals surface area contributed by atoms with Crippen molar-refractivity contribution in [2.75, 3.05) is 18.5 Å². The van der Waals surface area contributed by atoms with E-state index in [-0.39, 0.29) is 20.4 Å². The Hall–Kier alpha value is -0.260. The number of carbonyl (C=O) groups is 3. The first-order valence-corrected chi connectivity index (χ1v) is 9.63. The van der Waals surface area contributed by atoms with E-state index in [1.165, 1.54) is 6.92 Å². The number of aliphatic hydroxyl groups is 2. The van der Waals surface area contributed by atoms with Crippen molar-refractivity contribution in [1.82, 2.24) is 5.32 Å². The van der Waals surface area contributed by atoms with Crippen LogP contribution in [0.1, 0.15) is 27.6 Å². The van der Waals surface area contributed by atoms with E-state index in [2.05, 4.69) is 10.6 Å². The van der Waals surface area contributed by atoms with Crippen LogP contribution in [0.25, 0.3) is 0 Å². The van der Waals surface area contributed by atoms with Gasteiger partial charge in [0.15, 0.2) is 0 Å². The first-order chi connectivity index (χ1) is 11.1. The van der Waals surface area contributed by atoms with Crippen molar-refractivity contribution >= 4 is 91.2 Å². The van der Waals surface area contributed by atoms with Gasteiger partial charge in [-0.15, -0.1) is 0 Å². The Balaban J connectivity index is 3.58. The third-order valence-corrected chi connectivity index (χ3v) is 6.07. The highest BCUT2D eigenvalue weighted by molar-refractivity contribution is 14.1. The molecule has 8 nitrogen and oxygen atoms in total. The fourth-order valence-electron chi connectivity index (χ4n) is 1.74. The lowest BCUT2D eigenvalue weighted by Crippen LogP contribution is -2.41. The molecular weight excluding hydrogens is 661 g/mol. The summed E-state index contributed by atoms with van der Waals surface area (Å²) in [6.07, 6.45) is 0. The Labute approximate surface area is 178 Å². The maximum absolute atomic E-state index is 12.5. The molecule has 1 aromatic carbocycles. The van der Waals surface area contributed by atoms with Gasteiger partial charge in [0.25, 0.3) is 5.91 Å². The molecule has 1 rings (SSSR count). The summed E-state index contributed by atoms with van der Waals surface area (Å²) in [6, 6.07) is -0.874. The zero-order valence-corrected chi connectivity index (χ0v) is 18.7. The monoisotopic (exact) mass is 674 g/mol. The minimum atomic E-state index is -1.23. The molecular formula is C13H13I3N2O6. The molecule has 0 bridgehead atoms. The van der Waals surface area contributed by atoms with Gasteiger partial charge >= 0.3 is 5.97 Å². The summed E-state index contributed by atoms with van der Waals surface area (Å²) in [6.45, 7) is 0.339. The van der Waals surface area contributed by atoms with E-state index >= 15 is 0 Å². The third-order valence-electron chi connectivity index (χ3n) is 2.83. The number of halogens is 3. The van der Waals surface area contributed by atoms with Crippen LogP contribution < -0.4 is 10.6 Å². The molecule has 5 N–H and O–H groups in total. The molecule has 0 saturated heterocycles. The molecule has 0 heterocycles. The van der Waals surface area contributed by atoms with Crippen LogP contribution in [-0.2, 0) is 4.79 Å². The number of nitrogens with one attached hydrogen (secondary N) is 2. The van der Waals surface area contributed by atoms with Crippen LogP contribution in [0, 0.1) is 10.7 Å². The highest BCUT2D eigenvalue weighted by Crippen LogP contribution is 2.35. The van der Waals surface area contributed by atoms with Crippen LogP contribution in [0.5, 0.6) is 0 Å². The molecule has 0 radical (unpaired) electrons. The number of rotatable bonds is 6. The Morgan fingerprint density at radius 2 is 1.50 bits per heavy atom. The van der Waals surface area contributed by atoms with Gasteiger partial charge in [0.2, 0.25) is 5.91 Å². The standard InChI is InChI=1S/C13H13I3N2O6/c1-4(21)17-11-9(15)6(12(22)18-5(2-19)3-20)8(14)7(10(11)16)13(23)24/h5,19-20H,2-3H2,1H3,(H,17,21)(H,18,22)(H,23,24). The van der Waals surface area contributed by atoms with Crippen LogP contribution in [0.3, 0.4) is 0 Å². The molecule has 0 fully saturated rings. The van der Waals surface area contributed by atoms with Gasteiger partial charge in [0.1, 0.15) is 0 Å². The second-order valence-electron chi connectivity index (χ2n) is 4.59. The number of hydrogen-bond donors (Lipinski definition) is 5. The molecule has 0 unspecified atom stereocenters. The number of carbonyl (C=O) groups excluding carboxylic acids is 2. The van der Waals surface area contributed by atoms with E-state index in [1.54, 1.807) is 45.2 Å².